The zero-order valence-corrected chi connectivity index (χ0v) is 13.9. The third kappa shape index (κ3) is 4.74. The van der Waals surface area contributed by atoms with Gasteiger partial charge in [0.15, 0.2) is 0 Å². The van der Waals surface area contributed by atoms with E-state index in [-0.39, 0.29) is 5.91 Å². The first kappa shape index (κ1) is 17.5. The van der Waals surface area contributed by atoms with E-state index in [1.54, 1.807) is 6.92 Å². The summed E-state index contributed by atoms with van der Waals surface area (Å²) >= 11 is 0. The van der Waals surface area contributed by atoms with Gasteiger partial charge in [0, 0.05) is 24.0 Å². The first-order valence-electron chi connectivity index (χ1n) is 7.78. The Morgan fingerprint density at radius 2 is 1.86 bits per heavy atom. The van der Waals surface area contributed by atoms with Gasteiger partial charge in [-0.2, -0.15) is 0 Å². The van der Waals surface area contributed by atoms with Crippen LogP contribution in [0.1, 0.15) is 47.5 Å². The summed E-state index contributed by atoms with van der Waals surface area (Å²) in [5.74, 6) is -0.131. The second kappa shape index (κ2) is 7.46. The second-order valence-electron chi connectivity index (χ2n) is 6.05. The van der Waals surface area contributed by atoms with Crippen molar-refractivity contribution in [3.8, 4) is 0 Å². The number of anilines is 2. The van der Waals surface area contributed by atoms with Crippen molar-refractivity contribution in [3.63, 3.8) is 0 Å². The van der Waals surface area contributed by atoms with Crippen LogP contribution in [0.4, 0.5) is 11.4 Å². The first-order chi connectivity index (χ1) is 9.81. The van der Waals surface area contributed by atoms with Crippen LogP contribution in [0.5, 0.6) is 0 Å². The maximum absolute atomic E-state index is 12.2. The first-order valence-corrected chi connectivity index (χ1v) is 7.78. The average Bonchev–Trinajstić information content (AvgIpc) is 2.41. The second-order valence-corrected chi connectivity index (χ2v) is 6.05. The Labute approximate surface area is 128 Å². The lowest BCUT2D eigenvalue weighted by molar-refractivity contribution is -0.120. The lowest BCUT2D eigenvalue weighted by Gasteiger charge is -2.28. The number of benzene rings is 1. The van der Waals surface area contributed by atoms with Crippen molar-refractivity contribution in [2.24, 2.45) is 5.73 Å². The van der Waals surface area contributed by atoms with Crippen LogP contribution in [0, 0.1) is 0 Å². The predicted molar refractivity (Wildman–Crippen MR) is 90.7 cm³/mol. The molecule has 0 saturated carbocycles. The van der Waals surface area contributed by atoms with Crippen LogP contribution in [0.2, 0.25) is 0 Å². The molecule has 1 unspecified atom stereocenters. The SMILES string of the molecule is CCCC(C)(N)C(=O)Nc1ccc(N(CC)C(C)C)cc1. The Morgan fingerprint density at radius 3 is 2.29 bits per heavy atom. The van der Waals surface area contributed by atoms with E-state index in [9.17, 15) is 4.79 Å². The molecule has 118 valence electrons. The number of carbonyl (C=O) groups excluding carboxylic acids is 1. The van der Waals surface area contributed by atoms with Gasteiger partial charge in [0.05, 0.1) is 5.54 Å². The smallest absolute Gasteiger partial charge is 0.244 e. The molecule has 0 radical (unpaired) electrons. The maximum Gasteiger partial charge on any atom is 0.244 e. The molecule has 4 nitrogen and oxygen atoms in total. The lowest BCUT2D eigenvalue weighted by atomic mass is 9.96. The highest BCUT2D eigenvalue weighted by molar-refractivity contribution is 5.97. The fourth-order valence-electron chi connectivity index (χ4n) is 2.49. The lowest BCUT2D eigenvalue weighted by Crippen LogP contribution is -2.48. The molecule has 0 aromatic heterocycles. The number of amides is 1. The molecule has 1 aromatic rings. The minimum Gasteiger partial charge on any atom is -0.369 e. The van der Waals surface area contributed by atoms with Crippen molar-refractivity contribution in [1.29, 1.82) is 0 Å². The summed E-state index contributed by atoms with van der Waals surface area (Å²) in [6.45, 7) is 11.2. The minimum absolute atomic E-state index is 0.131. The van der Waals surface area contributed by atoms with Crippen LogP contribution in [-0.2, 0) is 4.79 Å². The Morgan fingerprint density at radius 1 is 1.29 bits per heavy atom. The standard InChI is InChI=1S/C17H29N3O/c1-6-12-17(5,18)16(21)19-14-8-10-15(11-9-14)20(7-2)13(3)4/h8-11,13H,6-7,12,18H2,1-5H3,(H,19,21). The summed E-state index contributed by atoms with van der Waals surface area (Å²) < 4.78 is 0. The van der Waals surface area contributed by atoms with Crippen molar-refractivity contribution in [1.82, 2.24) is 0 Å². The molecule has 3 N–H and O–H groups in total. The summed E-state index contributed by atoms with van der Waals surface area (Å²) in [7, 11) is 0. The van der Waals surface area contributed by atoms with E-state index < -0.39 is 5.54 Å². The van der Waals surface area contributed by atoms with Crippen LogP contribution in [0.3, 0.4) is 0 Å². The predicted octanol–water partition coefficient (Wildman–Crippen LogP) is 3.38. The molecule has 1 rings (SSSR count). The van der Waals surface area contributed by atoms with Gasteiger partial charge in [-0.05, 0) is 58.4 Å². The summed E-state index contributed by atoms with van der Waals surface area (Å²) in [4.78, 5) is 14.5. The highest BCUT2D eigenvalue weighted by Crippen LogP contribution is 2.21. The maximum atomic E-state index is 12.2. The van der Waals surface area contributed by atoms with Gasteiger partial charge in [-0.1, -0.05) is 13.3 Å². The molecular weight excluding hydrogens is 262 g/mol. The van der Waals surface area contributed by atoms with E-state index in [1.165, 1.54) is 0 Å². The molecule has 0 heterocycles. The van der Waals surface area contributed by atoms with Gasteiger partial charge in [0.25, 0.3) is 0 Å². The van der Waals surface area contributed by atoms with E-state index in [1.807, 2.05) is 31.2 Å². The fourth-order valence-corrected chi connectivity index (χ4v) is 2.49. The number of nitrogens with two attached hydrogens (primary N) is 1. The molecule has 21 heavy (non-hydrogen) atoms. The molecule has 0 bridgehead atoms. The van der Waals surface area contributed by atoms with Gasteiger partial charge < -0.3 is 16.0 Å². The molecule has 0 aliphatic rings. The number of hydrogen-bond acceptors (Lipinski definition) is 3. The number of carbonyl (C=O) groups is 1. The number of nitrogens with zero attached hydrogens (tertiary/aromatic N) is 1. The molecule has 0 fully saturated rings. The monoisotopic (exact) mass is 291 g/mol. The molecule has 1 atom stereocenters. The van der Waals surface area contributed by atoms with Gasteiger partial charge in [0.1, 0.15) is 0 Å². The van der Waals surface area contributed by atoms with E-state index in [2.05, 4.69) is 31.0 Å². The minimum atomic E-state index is -0.819. The van der Waals surface area contributed by atoms with Crippen LogP contribution >= 0.6 is 0 Å². The van der Waals surface area contributed by atoms with Crippen LogP contribution in [0.15, 0.2) is 24.3 Å². The summed E-state index contributed by atoms with van der Waals surface area (Å²) in [5.41, 5.74) is 7.17. The van der Waals surface area contributed by atoms with E-state index in [4.69, 9.17) is 5.73 Å². The number of rotatable bonds is 7. The highest BCUT2D eigenvalue weighted by atomic mass is 16.2. The molecular formula is C17H29N3O. The molecule has 0 saturated heterocycles. The highest BCUT2D eigenvalue weighted by Gasteiger charge is 2.27. The zero-order valence-electron chi connectivity index (χ0n) is 13.9. The van der Waals surface area contributed by atoms with Crippen molar-refractivity contribution in [2.75, 3.05) is 16.8 Å². The summed E-state index contributed by atoms with van der Waals surface area (Å²) in [6, 6.07) is 8.38. The fraction of sp³-hybridized carbons (Fsp3) is 0.588. The molecule has 0 aliphatic heterocycles. The van der Waals surface area contributed by atoms with Gasteiger partial charge in [-0.3, -0.25) is 4.79 Å². The molecule has 1 amide bonds. The van der Waals surface area contributed by atoms with Gasteiger partial charge >= 0.3 is 0 Å². The zero-order chi connectivity index (χ0) is 16.0. The summed E-state index contributed by atoms with van der Waals surface area (Å²) in [6.07, 6.45) is 1.56. The molecule has 0 spiro atoms. The summed E-state index contributed by atoms with van der Waals surface area (Å²) in [5, 5.41) is 2.90. The number of hydrogen-bond donors (Lipinski definition) is 2. The van der Waals surface area contributed by atoms with Crippen molar-refractivity contribution < 1.29 is 4.79 Å². The Bertz CT molecular complexity index is 452. The van der Waals surface area contributed by atoms with Crippen molar-refractivity contribution in [3.05, 3.63) is 24.3 Å². The number of nitrogens with one attached hydrogen (secondary N) is 1. The largest absolute Gasteiger partial charge is 0.369 e. The molecule has 0 aliphatic carbocycles. The van der Waals surface area contributed by atoms with Gasteiger partial charge in [-0.15, -0.1) is 0 Å². The van der Waals surface area contributed by atoms with E-state index >= 15 is 0 Å². The third-order valence-corrected chi connectivity index (χ3v) is 3.71. The van der Waals surface area contributed by atoms with E-state index in [0.29, 0.717) is 12.5 Å². The normalized spacial score (nSPS) is 13.9. The molecule has 1 aromatic carbocycles. The average molecular weight is 291 g/mol. The van der Waals surface area contributed by atoms with Gasteiger partial charge in [-0.25, -0.2) is 0 Å². The van der Waals surface area contributed by atoms with Crippen molar-refractivity contribution in [2.45, 2.75) is 59.0 Å². The van der Waals surface area contributed by atoms with Crippen LogP contribution in [0.25, 0.3) is 0 Å². The topological polar surface area (TPSA) is 58.4 Å². The van der Waals surface area contributed by atoms with Crippen LogP contribution < -0.4 is 16.0 Å². The van der Waals surface area contributed by atoms with Crippen molar-refractivity contribution >= 4 is 17.3 Å². The van der Waals surface area contributed by atoms with E-state index in [0.717, 1.165) is 24.3 Å². The Balaban J connectivity index is 2.77. The third-order valence-electron chi connectivity index (χ3n) is 3.71. The Hall–Kier alpha value is -1.55. The Kier molecular flexibility index (Phi) is 6.21. The molecule has 4 heteroatoms. The van der Waals surface area contributed by atoms with Gasteiger partial charge in [0.2, 0.25) is 5.91 Å². The van der Waals surface area contributed by atoms with Crippen LogP contribution in [-0.4, -0.2) is 24.0 Å². The quantitative estimate of drug-likeness (QED) is 0.809.